The number of allylic oxidation sites excluding steroid dienone is 4. The van der Waals surface area contributed by atoms with Gasteiger partial charge in [-0.15, -0.1) is 0 Å². The van der Waals surface area contributed by atoms with E-state index in [4.69, 9.17) is 4.74 Å². The third-order valence-corrected chi connectivity index (χ3v) is 9.54. The number of ketones is 2. The van der Waals surface area contributed by atoms with Gasteiger partial charge in [0.2, 0.25) is 0 Å². The van der Waals surface area contributed by atoms with Crippen LogP contribution in [0.3, 0.4) is 0 Å². The van der Waals surface area contributed by atoms with Crippen LogP contribution in [0.5, 0.6) is 0 Å². The number of carbonyl (C=O) groups is 3. The van der Waals surface area contributed by atoms with E-state index < -0.39 is 0 Å². The van der Waals surface area contributed by atoms with Crippen LogP contribution in [-0.4, -0.2) is 23.1 Å². The van der Waals surface area contributed by atoms with Crippen LogP contribution < -0.4 is 0 Å². The van der Waals surface area contributed by atoms with E-state index >= 15 is 0 Å². The van der Waals surface area contributed by atoms with E-state index in [2.05, 4.69) is 26.0 Å². The molecule has 4 nitrogen and oxygen atoms in total. The van der Waals surface area contributed by atoms with Gasteiger partial charge in [-0.05, 0) is 80.3 Å². The fourth-order valence-corrected chi connectivity index (χ4v) is 8.01. The highest BCUT2D eigenvalue weighted by molar-refractivity contribution is 5.96. The zero-order chi connectivity index (χ0) is 20.6. The lowest BCUT2D eigenvalue weighted by molar-refractivity contribution is -0.165. The Morgan fingerprint density at radius 2 is 1.90 bits per heavy atom. The monoisotopic (exact) mass is 396 g/mol. The Morgan fingerprint density at radius 3 is 2.59 bits per heavy atom. The number of hydrogen-bond donors (Lipinski definition) is 0. The van der Waals surface area contributed by atoms with Crippen LogP contribution >= 0.6 is 0 Å². The summed E-state index contributed by atoms with van der Waals surface area (Å²) in [6, 6.07) is 0. The molecule has 4 heteroatoms. The highest BCUT2D eigenvalue weighted by Gasteiger charge is 2.66. The molecule has 29 heavy (non-hydrogen) atoms. The van der Waals surface area contributed by atoms with E-state index in [1.54, 1.807) is 6.92 Å². The third kappa shape index (κ3) is 2.53. The molecule has 0 N–H and O–H groups in total. The maximum absolute atomic E-state index is 12.6. The lowest BCUT2D eigenvalue weighted by Gasteiger charge is -2.57. The number of Topliss-reactive ketones (excluding diaryl/α,β-unsaturated/α-hetero) is 1. The first-order valence-corrected chi connectivity index (χ1v) is 11.3. The molecule has 7 atom stereocenters. The summed E-state index contributed by atoms with van der Waals surface area (Å²) in [5.74, 6) is 1.49. The van der Waals surface area contributed by atoms with Gasteiger partial charge in [0, 0.05) is 24.2 Å². The molecule has 4 aliphatic carbocycles. The second-order valence-corrected chi connectivity index (χ2v) is 10.8. The number of esters is 1. The van der Waals surface area contributed by atoms with E-state index in [1.807, 2.05) is 6.08 Å². The van der Waals surface area contributed by atoms with Gasteiger partial charge < -0.3 is 9.53 Å². The predicted octanol–water partition coefficient (Wildman–Crippen LogP) is 4.58. The van der Waals surface area contributed by atoms with Gasteiger partial charge in [-0.25, -0.2) is 0 Å². The molecule has 1 aliphatic heterocycles. The van der Waals surface area contributed by atoms with E-state index in [1.165, 1.54) is 0 Å². The van der Waals surface area contributed by atoms with Crippen LogP contribution in [0.1, 0.15) is 72.1 Å². The Hall–Kier alpha value is -1.71. The molecular weight excluding hydrogens is 364 g/mol. The van der Waals surface area contributed by atoms with Crippen LogP contribution in [0.2, 0.25) is 0 Å². The SMILES string of the molecule is CC(=O)C[C@@H]1C[C@@]2(C)C(=CC1=O)C=C[C@@H]1[C@@H]2CC[C@@]2(C)[C@H]1CC[C@@]21CCC(=O)O1. The summed E-state index contributed by atoms with van der Waals surface area (Å²) in [6.45, 7) is 6.28. The van der Waals surface area contributed by atoms with Crippen LogP contribution in [0.4, 0.5) is 0 Å². The normalized spacial score (nSPS) is 48.0. The van der Waals surface area contributed by atoms with Crippen molar-refractivity contribution in [3.05, 3.63) is 23.8 Å². The fourth-order valence-electron chi connectivity index (χ4n) is 8.01. The smallest absolute Gasteiger partial charge is 0.306 e. The molecule has 0 amide bonds. The summed E-state index contributed by atoms with van der Waals surface area (Å²) in [4.78, 5) is 36.3. The zero-order valence-corrected chi connectivity index (χ0v) is 17.8. The summed E-state index contributed by atoms with van der Waals surface area (Å²) in [6.07, 6.45) is 13.2. The van der Waals surface area contributed by atoms with Gasteiger partial charge in [-0.2, -0.15) is 0 Å². The Morgan fingerprint density at radius 1 is 1.14 bits per heavy atom. The Kier molecular flexibility index (Phi) is 4.09. The maximum Gasteiger partial charge on any atom is 0.306 e. The van der Waals surface area contributed by atoms with Crippen molar-refractivity contribution in [1.82, 2.24) is 0 Å². The van der Waals surface area contributed by atoms with Gasteiger partial charge in [-0.3, -0.25) is 9.59 Å². The molecule has 156 valence electrons. The van der Waals surface area contributed by atoms with Gasteiger partial charge in [0.25, 0.3) is 0 Å². The van der Waals surface area contributed by atoms with E-state index in [0.717, 1.165) is 44.1 Å². The largest absolute Gasteiger partial charge is 0.458 e. The number of carbonyl (C=O) groups excluding carboxylic acids is 3. The fraction of sp³-hybridized carbons (Fsp3) is 0.720. The molecule has 1 heterocycles. The molecule has 0 aromatic carbocycles. The number of rotatable bonds is 2. The first kappa shape index (κ1) is 19.3. The topological polar surface area (TPSA) is 60.4 Å². The van der Waals surface area contributed by atoms with Crippen LogP contribution in [0.25, 0.3) is 0 Å². The minimum Gasteiger partial charge on any atom is -0.458 e. The molecular formula is C25H32O4. The molecule has 3 fully saturated rings. The van der Waals surface area contributed by atoms with Gasteiger partial charge >= 0.3 is 5.97 Å². The van der Waals surface area contributed by atoms with Gasteiger partial charge in [0.05, 0.1) is 0 Å². The van der Waals surface area contributed by atoms with Crippen LogP contribution in [-0.2, 0) is 19.1 Å². The third-order valence-electron chi connectivity index (χ3n) is 9.54. The minimum atomic E-state index is -0.260. The van der Waals surface area contributed by atoms with E-state index in [0.29, 0.717) is 30.6 Å². The molecule has 1 saturated heterocycles. The molecule has 0 bridgehead atoms. The molecule has 0 radical (unpaired) electrons. The molecule has 0 unspecified atom stereocenters. The number of ether oxygens (including phenoxy) is 1. The Balaban J connectivity index is 1.49. The van der Waals surface area contributed by atoms with E-state index in [-0.39, 0.29) is 39.9 Å². The zero-order valence-electron chi connectivity index (χ0n) is 17.8. The Bertz CT molecular complexity index is 853. The van der Waals surface area contributed by atoms with Crippen molar-refractivity contribution in [3.63, 3.8) is 0 Å². The van der Waals surface area contributed by atoms with Gasteiger partial charge in [0.1, 0.15) is 11.4 Å². The summed E-state index contributed by atoms with van der Waals surface area (Å²) < 4.78 is 6.01. The molecule has 5 rings (SSSR count). The summed E-state index contributed by atoms with van der Waals surface area (Å²) >= 11 is 0. The van der Waals surface area contributed by atoms with Crippen molar-refractivity contribution in [3.8, 4) is 0 Å². The van der Waals surface area contributed by atoms with Crippen LogP contribution in [0, 0.1) is 34.5 Å². The number of fused-ring (bicyclic) bond motifs is 6. The Labute approximate surface area is 173 Å². The van der Waals surface area contributed by atoms with Gasteiger partial charge in [-0.1, -0.05) is 26.0 Å². The first-order valence-electron chi connectivity index (χ1n) is 11.3. The highest BCUT2D eigenvalue weighted by atomic mass is 16.6. The highest BCUT2D eigenvalue weighted by Crippen LogP contribution is 2.68. The second kappa shape index (κ2) is 6.15. The predicted molar refractivity (Wildman–Crippen MR) is 109 cm³/mol. The molecule has 2 saturated carbocycles. The molecule has 1 spiro atoms. The van der Waals surface area contributed by atoms with Crippen molar-refractivity contribution in [1.29, 1.82) is 0 Å². The molecule has 5 aliphatic rings. The van der Waals surface area contributed by atoms with Crippen molar-refractivity contribution in [2.24, 2.45) is 34.5 Å². The van der Waals surface area contributed by atoms with Crippen molar-refractivity contribution >= 4 is 17.5 Å². The second-order valence-electron chi connectivity index (χ2n) is 10.8. The molecule has 0 aromatic rings. The van der Waals surface area contributed by atoms with Crippen molar-refractivity contribution in [2.45, 2.75) is 77.7 Å². The quantitative estimate of drug-likeness (QED) is 0.641. The average Bonchev–Trinajstić information content (AvgIpc) is 3.17. The van der Waals surface area contributed by atoms with Gasteiger partial charge in [0.15, 0.2) is 5.78 Å². The summed E-state index contributed by atoms with van der Waals surface area (Å²) in [7, 11) is 0. The van der Waals surface area contributed by atoms with Crippen molar-refractivity contribution in [2.75, 3.05) is 0 Å². The number of hydrogen-bond acceptors (Lipinski definition) is 4. The summed E-state index contributed by atoms with van der Waals surface area (Å²) in [5, 5.41) is 0. The lowest BCUT2D eigenvalue weighted by Crippen LogP contribution is -2.54. The first-order chi connectivity index (χ1) is 13.7. The lowest BCUT2D eigenvalue weighted by atomic mass is 9.47. The van der Waals surface area contributed by atoms with E-state index in [9.17, 15) is 14.4 Å². The maximum atomic E-state index is 12.6. The standard InChI is InChI=1S/C25H32O4/c1-15(26)12-16-14-23(2)17(13-21(16)27)4-5-18-19(23)6-9-24(3)20(18)7-10-25(24)11-8-22(28)29-25/h4-5,13,16,18-20H,6-12,14H2,1-3H3/t16-,18-,19+,20+,23+,24+,25-/m1/s1. The minimum absolute atomic E-state index is 0.0248. The summed E-state index contributed by atoms with van der Waals surface area (Å²) in [5.41, 5.74) is 0.902. The average molecular weight is 397 g/mol. The van der Waals surface area contributed by atoms with Crippen LogP contribution in [0.15, 0.2) is 23.8 Å². The van der Waals surface area contributed by atoms with Crippen molar-refractivity contribution < 1.29 is 19.1 Å². The molecule has 0 aromatic heterocycles.